The van der Waals surface area contributed by atoms with E-state index in [0.717, 1.165) is 32.0 Å². The number of hydrogen-bond acceptors (Lipinski definition) is 7. The van der Waals surface area contributed by atoms with E-state index in [-0.39, 0.29) is 23.4 Å². The van der Waals surface area contributed by atoms with E-state index in [9.17, 15) is 19.1 Å². The summed E-state index contributed by atoms with van der Waals surface area (Å²) >= 11 is 0. The molecule has 1 unspecified atom stereocenters. The number of aliphatic hydroxyl groups excluding tert-OH is 1. The van der Waals surface area contributed by atoms with E-state index in [1.165, 1.54) is 38.4 Å². The van der Waals surface area contributed by atoms with E-state index in [1.807, 2.05) is 0 Å². The normalized spacial score (nSPS) is 19.9. The van der Waals surface area contributed by atoms with E-state index in [1.54, 1.807) is 18.2 Å². The third-order valence-electron chi connectivity index (χ3n) is 6.54. The largest absolute Gasteiger partial charge is 0.507 e. The molecule has 2 saturated heterocycles. The average molecular weight is 485 g/mol. The van der Waals surface area contributed by atoms with Gasteiger partial charge in [0.2, 0.25) is 0 Å². The second-order valence-electron chi connectivity index (χ2n) is 8.47. The van der Waals surface area contributed by atoms with Gasteiger partial charge < -0.3 is 29.1 Å². The maximum absolute atomic E-state index is 14.1. The molecule has 2 aliphatic rings. The number of ketones is 1. The molecule has 0 radical (unpaired) electrons. The van der Waals surface area contributed by atoms with Crippen LogP contribution in [-0.2, 0) is 9.59 Å². The highest BCUT2D eigenvalue weighted by molar-refractivity contribution is 6.46. The Morgan fingerprint density at radius 2 is 1.71 bits per heavy atom. The maximum atomic E-state index is 14.1. The van der Waals surface area contributed by atoms with E-state index < -0.39 is 29.3 Å². The highest BCUT2D eigenvalue weighted by Gasteiger charge is 2.47. The Morgan fingerprint density at radius 1 is 1.00 bits per heavy atom. The van der Waals surface area contributed by atoms with E-state index in [4.69, 9.17) is 14.2 Å². The maximum Gasteiger partial charge on any atom is 0.295 e. The summed E-state index contributed by atoms with van der Waals surface area (Å²) in [6, 6.07) is 7.80. The Morgan fingerprint density at radius 3 is 2.37 bits per heavy atom. The predicted molar refractivity (Wildman–Crippen MR) is 127 cm³/mol. The molecule has 2 heterocycles. The number of ether oxygens (including phenoxy) is 3. The van der Waals surface area contributed by atoms with Crippen LogP contribution in [0.25, 0.3) is 5.76 Å². The molecule has 9 heteroatoms. The van der Waals surface area contributed by atoms with Gasteiger partial charge in [0, 0.05) is 18.7 Å². The summed E-state index contributed by atoms with van der Waals surface area (Å²) in [6.07, 6.45) is 2.18. The first kappa shape index (κ1) is 24.5. The molecule has 0 saturated carbocycles. The van der Waals surface area contributed by atoms with Crippen molar-refractivity contribution in [2.24, 2.45) is 0 Å². The lowest BCUT2D eigenvalue weighted by Gasteiger charge is -2.28. The number of carbonyl (C=O) groups excluding carboxylic acids is 2. The number of benzene rings is 2. The number of rotatable bonds is 8. The van der Waals surface area contributed by atoms with Crippen molar-refractivity contribution in [2.45, 2.75) is 18.9 Å². The Labute approximate surface area is 203 Å². The molecular formula is C26H29FN2O6. The van der Waals surface area contributed by atoms with Crippen LogP contribution in [0.15, 0.2) is 42.0 Å². The van der Waals surface area contributed by atoms with Gasteiger partial charge in [-0.15, -0.1) is 0 Å². The molecule has 8 nitrogen and oxygen atoms in total. The van der Waals surface area contributed by atoms with Crippen molar-refractivity contribution in [3.8, 4) is 17.2 Å². The van der Waals surface area contributed by atoms with Crippen LogP contribution in [0.2, 0.25) is 0 Å². The lowest BCUT2D eigenvalue weighted by molar-refractivity contribution is -0.140. The third kappa shape index (κ3) is 4.55. The number of likely N-dealkylation sites (tertiary alicyclic amines) is 2. The van der Waals surface area contributed by atoms with Gasteiger partial charge >= 0.3 is 0 Å². The fourth-order valence-electron chi connectivity index (χ4n) is 4.83. The Bertz CT molecular complexity index is 1160. The molecule has 186 valence electrons. The summed E-state index contributed by atoms with van der Waals surface area (Å²) < 4.78 is 30.4. The summed E-state index contributed by atoms with van der Waals surface area (Å²) in [5.41, 5.74) is 0.299. The molecule has 1 atom stereocenters. The van der Waals surface area contributed by atoms with Crippen molar-refractivity contribution in [2.75, 3.05) is 47.5 Å². The Kier molecular flexibility index (Phi) is 7.25. The number of methoxy groups -OCH3 is 3. The standard InChI is InChI=1S/C26H29FN2O6/c1-33-19-10-9-16(27)15-18(19)23(30)21-22(17-7-6-8-20(34-2)25(17)35-3)29(26(32)24(21)31)14-13-28-11-4-5-12-28/h6-10,15,22,30H,4-5,11-14H2,1-3H3/b23-21+. The zero-order valence-corrected chi connectivity index (χ0v) is 20.0. The Balaban J connectivity index is 1.89. The molecule has 2 aromatic carbocycles. The SMILES string of the molecule is COc1ccc(F)cc1/C(O)=C1\C(=O)C(=O)N(CCN2CCCC2)C1c1cccc(OC)c1OC. The zero-order valence-electron chi connectivity index (χ0n) is 20.0. The number of carbonyl (C=O) groups is 2. The number of aliphatic hydroxyl groups is 1. The minimum atomic E-state index is -0.962. The lowest BCUT2D eigenvalue weighted by Crippen LogP contribution is -2.37. The van der Waals surface area contributed by atoms with Crippen molar-refractivity contribution < 1.29 is 33.3 Å². The van der Waals surface area contributed by atoms with Crippen LogP contribution < -0.4 is 14.2 Å². The molecule has 35 heavy (non-hydrogen) atoms. The zero-order chi connectivity index (χ0) is 25.1. The fourth-order valence-corrected chi connectivity index (χ4v) is 4.83. The second kappa shape index (κ2) is 10.4. The number of nitrogens with zero attached hydrogens (tertiary/aromatic N) is 2. The molecule has 0 spiro atoms. The van der Waals surface area contributed by atoms with Crippen molar-refractivity contribution >= 4 is 17.4 Å². The van der Waals surface area contributed by atoms with Crippen LogP contribution in [0.1, 0.15) is 30.0 Å². The first-order valence-corrected chi connectivity index (χ1v) is 11.5. The molecular weight excluding hydrogens is 455 g/mol. The smallest absolute Gasteiger partial charge is 0.295 e. The molecule has 1 N–H and O–H groups in total. The van der Waals surface area contributed by atoms with Crippen molar-refractivity contribution in [1.82, 2.24) is 9.80 Å². The number of halogens is 1. The molecule has 2 aromatic rings. The number of hydrogen-bond donors (Lipinski definition) is 1. The first-order chi connectivity index (χ1) is 16.9. The lowest BCUT2D eigenvalue weighted by atomic mass is 9.94. The summed E-state index contributed by atoms with van der Waals surface area (Å²) in [5, 5.41) is 11.3. The van der Waals surface area contributed by atoms with Crippen LogP contribution in [0, 0.1) is 5.82 Å². The average Bonchev–Trinajstić information content (AvgIpc) is 3.48. The molecule has 0 aromatic heterocycles. The third-order valence-corrected chi connectivity index (χ3v) is 6.54. The van der Waals surface area contributed by atoms with Gasteiger partial charge in [0.05, 0.1) is 38.5 Å². The van der Waals surface area contributed by atoms with Gasteiger partial charge in [-0.25, -0.2) is 4.39 Å². The second-order valence-corrected chi connectivity index (χ2v) is 8.47. The minimum Gasteiger partial charge on any atom is -0.507 e. The molecule has 0 bridgehead atoms. The summed E-state index contributed by atoms with van der Waals surface area (Å²) in [7, 11) is 4.33. The van der Waals surface area contributed by atoms with Crippen molar-refractivity contribution in [3.05, 3.63) is 58.9 Å². The molecule has 4 rings (SSSR count). The predicted octanol–water partition coefficient (Wildman–Crippen LogP) is 3.37. The molecule has 2 aliphatic heterocycles. The van der Waals surface area contributed by atoms with Crippen molar-refractivity contribution in [3.63, 3.8) is 0 Å². The van der Waals surface area contributed by atoms with Gasteiger partial charge in [-0.05, 0) is 50.2 Å². The van der Waals surface area contributed by atoms with Gasteiger partial charge in [-0.2, -0.15) is 0 Å². The summed E-state index contributed by atoms with van der Waals surface area (Å²) in [5.74, 6) is -1.81. The van der Waals surface area contributed by atoms with Crippen LogP contribution >= 0.6 is 0 Å². The highest BCUT2D eigenvalue weighted by atomic mass is 19.1. The van der Waals surface area contributed by atoms with Crippen molar-refractivity contribution in [1.29, 1.82) is 0 Å². The van der Waals surface area contributed by atoms with Crippen LogP contribution in [0.5, 0.6) is 17.2 Å². The number of Topliss-reactive ketones (excluding diaryl/α,β-unsaturated/α-hetero) is 1. The van der Waals surface area contributed by atoms with Crippen LogP contribution in [0.3, 0.4) is 0 Å². The first-order valence-electron chi connectivity index (χ1n) is 11.5. The molecule has 0 aliphatic carbocycles. The van der Waals surface area contributed by atoms with Gasteiger partial charge in [0.1, 0.15) is 17.3 Å². The van der Waals surface area contributed by atoms with Gasteiger partial charge in [-0.1, -0.05) is 12.1 Å². The monoisotopic (exact) mass is 484 g/mol. The molecule has 1 amide bonds. The summed E-state index contributed by atoms with van der Waals surface area (Å²) in [4.78, 5) is 30.2. The number of para-hydroxylation sites is 1. The quantitative estimate of drug-likeness (QED) is 0.349. The Hall–Kier alpha value is -3.59. The van der Waals surface area contributed by atoms with Gasteiger partial charge in [0.15, 0.2) is 11.5 Å². The van der Waals surface area contributed by atoms with Gasteiger partial charge in [0.25, 0.3) is 11.7 Å². The fraction of sp³-hybridized carbons (Fsp3) is 0.385. The number of amides is 1. The van der Waals surface area contributed by atoms with Gasteiger partial charge in [-0.3, -0.25) is 9.59 Å². The molecule has 2 fully saturated rings. The van der Waals surface area contributed by atoms with Crippen LogP contribution in [0.4, 0.5) is 4.39 Å². The van der Waals surface area contributed by atoms with E-state index in [2.05, 4.69) is 4.90 Å². The van der Waals surface area contributed by atoms with E-state index in [0.29, 0.717) is 23.6 Å². The van der Waals surface area contributed by atoms with E-state index >= 15 is 0 Å². The topological polar surface area (TPSA) is 88.5 Å². The highest BCUT2D eigenvalue weighted by Crippen LogP contribution is 2.46. The van der Waals surface area contributed by atoms with Crippen LogP contribution in [-0.4, -0.2) is 74.1 Å². The minimum absolute atomic E-state index is 0.0168. The summed E-state index contributed by atoms with van der Waals surface area (Å²) in [6.45, 7) is 2.71.